The molecule has 1 N–H and O–H groups in total. The summed E-state index contributed by atoms with van der Waals surface area (Å²) in [5.41, 5.74) is 1.21. The zero-order valence-corrected chi connectivity index (χ0v) is 18.8. The maximum atomic E-state index is 10.2. The first-order chi connectivity index (χ1) is 13.5. The third kappa shape index (κ3) is 3.21. The van der Waals surface area contributed by atoms with E-state index in [4.69, 9.17) is 0 Å². The number of hydrogen-bond donors (Lipinski definition) is 1. The minimum absolute atomic E-state index is 0.000732. The van der Waals surface area contributed by atoms with Gasteiger partial charge in [-0.2, -0.15) is 0 Å². The van der Waals surface area contributed by atoms with Crippen molar-refractivity contribution in [3.05, 3.63) is 0 Å². The smallest absolute Gasteiger partial charge is 0.0543 e. The first-order valence-electron chi connectivity index (χ1n) is 13.2. The SMILES string of the molecule is C[C@]12CC[C@H](O)CC1CCC1C2CC[C@@]2(C)C1CC[C@@H]2CCCC1CCCC1. The quantitative estimate of drug-likeness (QED) is 0.535. The summed E-state index contributed by atoms with van der Waals surface area (Å²) < 4.78 is 0. The Bertz CT molecular complexity index is 550. The zero-order valence-electron chi connectivity index (χ0n) is 18.8. The van der Waals surface area contributed by atoms with E-state index in [0.717, 1.165) is 48.3 Å². The van der Waals surface area contributed by atoms with Gasteiger partial charge in [0.25, 0.3) is 0 Å². The van der Waals surface area contributed by atoms with Crippen LogP contribution in [-0.2, 0) is 0 Å². The fraction of sp³-hybridized carbons (Fsp3) is 1.00. The number of hydrogen-bond acceptors (Lipinski definition) is 1. The van der Waals surface area contributed by atoms with Crippen molar-refractivity contribution in [2.45, 2.75) is 123 Å². The van der Waals surface area contributed by atoms with Gasteiger partial charge in [-0.25, -0.2) is 0 Å². The van der Waals surface area contributed by atoms with Crippen molar-refractivity contribution in [1.82, 2.24) is 0 Å². The van der Waals surface area contributed by atoms with E-state index in [1.807, 2.05) is 0 Å². The Morgan fingerprint density at radius 2 is 1.50 bits per heavy atom. The molecule has 1 heteroatoms. The maximum absolute atomic E-state index is 10.2. The van der Waals surface area contributed by atoms with Crippen LogP contribution in [-0.4, -0.2) is 11.2 Å². The van der Waals surface area contributed by atoms with Crippen LogP contribution in [0.5, 0.6) is 0 Å². The minimum atomic E-state index is -0.000732. The highest BCUT2D eigenvalue weighted by molar-refractivity contribution is 5.09. The summed E-state index contributed by atoms with van der Waals surface area (Å²) in [6.45, 7) is 5.36. The lowest BCUT2D eigenvalue weighted by Gasteiger charge is -2.61. The van der Waals surface area contributed by atoms with Crippen LogP contribution in [0.4, 0.5) is 0 Å². The molecule has 0 bridgehead atoms. The third-order valence-corrected chi connectivity index (χ3v) is 11.5. The molecule has 0 aliphatic heterocycles. The Morgan fingerprint density at radius 1 is 0.750 bits per heavy atom. The Balaban J connectivity index is 1.25. The van der Waals surface area contributed by atoms with Crippen LogP contribution in [0.15, 0.2) is 0 Å². The third-order valence-electron chi connectivity index (χ3n) is 11.5. The molecule has 28 heavy (non-hydrogen) atoms. The molecule has 5 saturated carbocycles. The Kier molecular flexibility index (Phi) is 5.39. The first-order valence-corrected chi connectivity index (χ1v) is 13.2. The van der Waals surface area contributed by atoms with Gasteiger partial charge >= 0.3 is 0 Å². The molecule has 0 aromatic rings. The minimum Gasteiger partial charge on any atom is -0.393 e. The highest BCUT2D eigenvalue weighted by atomic mass is 16.3. The second-order valence-corrected chi connectivity index (χ2v) is 12.5. The van der Waals surface area contributed by atoms with Gasteiger partial charge in [0.2, 0.25) is 0 Å². The van der Waals surface area contributed by atoms with E-state index in [-0.39, 0.29) is 6.10 Å². The van der Waals surface area contributed by atoms with E-state index in [1.165, 1.54) is 89.9 Å². The van der Waals surface area contributed by atoms with E-state index in [9.17, 15) is 5.11 Å². The lowest BCUT2D eigenvalue weighted by atomic mass is 9.44. The number of aliphatic hydroxyl groups excluding tert-OH is 1. The highest BCUT2D eigenvalue weighted by Crippen LogP contribution is 2.67. The molecule has 160 valence electrons. The molecule has 4 unspecified atom stereocenters. The highest BCUT2D eigenvalue weighted by Gasteiger charge is 2.59. The summed E-state index contributed by atoms with van der Waals surface area (Å²) in [6, 6.07) is 0. The van der Waals surface area contributed by atoms with Gasteiger partial charge in [-0.15, -0.1) is 0 Å². The Morgan fingerprint density at radius 3 is 2.32 bits per heavy atom. The molecule has 0 aromatic carbocycles. The van der Waals surface area contributed by atoms with Gasteiger partial charge in [-0.3, -0.25) is 0 Å². The summed E-state index contributed by atoms with van der Waals surface area (Å²) in [6.07, 6.45) is 23.1. The van der Waals surface area contributed by atoms with Crippen LogP contribution in [0.2, 0.25) is 0 Å². The number of aliphatic hydroxyl groups is 1. The van der Waals surface area contributed by atoms with Gasteiger partial charge in [0, 0.05) is 0 Å². The monoisotopic (exact) mass is 386 g/mol. The molecule has 5 fully saturated rings. The second kappa shape index (κ2) is 7.58. The number of rotatable bonds is 4. The van der Waals surface area contributed by atoms with Crippen molar-refractivity contribution in [3.63, 3.8) is 0 Å². The van der Waals surface area contributed by atoms with E-state index < -0.39 is 0 Å². The molecule has 0 radical (unpaired) electrons. The summed E-state index contributed by atoms with van der Waals surface area (Å²) in [4.78, 5) is 0. The van der Waals surface area contributed by atoms with Gasteiger partial charge < -0.3 is 5.11 Å². The predicted octanol–water partition coefficient (Wildman–Crippen LogP) is 7.37. The predicted molar refractivity (Wildman–Crippen MR) is 117 cm³/mol. The van der Waals surface area contributed by atoms with E-state index in [1.54, 1.807) is 0 Å². The van der Waals surface area contributed by atoms with E-state index in [0.29, 0.717) is 10.8 Å². The topological polar surface area (TPSA) is 20.2 Å². The van der Waals surface area contributed by atoms with Crippen molar-refractivity contribution >= 4 is 0 Å². The van der Waals surface area contributed by atoms with Crippen LogP contribution in [0, 0.1) is 46.3 Å². The molecule has 8 atom stereocenters. The average Bonchev–Trinajstić information content (AvgIpc) is 3.30. The van der Waals surface area contributed by atoms with Gasteiger partial charge in [-0.05, 0) is 111 Å². The van der Waals surface area contributed by atoms with Crippen LogP contribution in [0.3, 0.4) is 0 Å². The zero-order chi connectivity index (χ0) is 19.4. The molecule has 0 spiro atoms. The Labute approximate surface area is 174 Å². The standard InChI is InChI=1S/C27H46O/c1-26-17-15-25-23(12-10-21-18-22(28)14-16-27(21,25)2)24(26)13-11-20(26)9-5-8-19-6-3-4-7-19/h19-25,28H,3-18H2,1-2H3/t20-,21?,22-,23?,24?,25?,26+,27-/m0/s1. The van der Waals surface area contributed by atoms with Crippen LogP contribution in [0.1, 0.15) is 117 Å². The maximum Gasteiger partial charge on any atom is 0.0543 e. The van der Waals surface area contributed by atoms with Gasteiger partial charge in [0.15, 0.2) is 0 Å². The van der Waals surface area contributed by atoms with Crippen LogP contribution >= 0.6 is 0 Å². The summed E-state index contributed by atoms with van der Waals surface area (Å²) in [7, 11) is 0. The molecular formula is C27H46O. The molecule has 0 amide bonds. The normalized spacial score (nSPS) is 51.5. The van der Waals surface area contributed by atoms with Crippen LogP contribution in [0.25, 0.3) is 0 Å². The fourth-order valence-electron chi connectivity index (χ4n) is 9.77. The largest absolute Gasteiger partial charge is 0.393 e. The van der Waals surface area contributed by atoms with Crippen molar-refractivity contribution in [3.8, 4) is 0 Å². The molecule has 0 aromatic heterocycles. The van der Waals surface area contributed by atoms with Gasteiger partial charge in [0.1, 0.15) is 0 Å². The molecule has 5 aliphatic carbocycles. The lowest BCUT2D eigenvalue weighted by molar-refractivity contribution is -0.127. The molecule has 1 nitrogen and oxygen atoms in total. The number of fused-ring (bicyclic) bond motifs is 5. The average molecular weight is 387 g/mol. The second-order valence-electron chi connectivity index (χ2n) is 12.5. The van der Waals surface area contributed by atoms with E-state index in [2.05, 4.69) is 13.8 Å². The van der Waals surface area contributed by atoms with Crippen LogP contribution < -0.4 is 0 Å². The summed E-state index contributed by atoms with van der Waals surface area (Å²) in [5, 5.41) is 10.2. The summed E-state index contributed by atoms with van der Waals surface area (Å²) in [5.74, 6) is 5.91. The van der Waals surface area contributed by atoms with Crippen molar-refractivity contribution in [1.29, 1.82) is 0 Å². The Hall–Kier alpha value is -0.0400. The van der Waals surface area contributed by atoms with Crippen molar-refractivity contribution in [2.75, 3.05) is 0 Å². The molecular weight excluding hydrogens is 340 g/mol. The van der Waals surface area contributed by atoms with Gasteiger partial charge in [-0.1, -0.05) is 52.4 Å². The fourth-order valence-corrected chi connectivity index (χ4v) is 9.77. The van der Waals surface area contributed by atoms with E-state index >= 15 is 0 Å². The molecule has 5 aliphatic rings. The molecule has 0 saturated heterocycles. The molecule has 5 rings (SSSR count). The van der Waals surface area contributed by atoms with Crippen molar-refractivity contribution < 1.29 is 5.11 Å². The first kappa shape index (κ1) is 19.9. The van der Waals surface area contributed by atoms with Crippen molar-refractivity contribution in [2.24, 2.45) is 46.3 Å². The lowest BCUT2D eigenvalue weighted by Crippen LogP contribution is -2.53. The van der Waals surface area contributed by atoms with Gasteiger partial charge in [0.05, 0.1) is 6.10 Å². The summed E-state index contributed by atoms with van der Waals surface area (Å²) >= 11 is 0. The molecule has 0 heterocycles.